The summed E-state index contributed by atoms with van der Waals surface area (Å²) in [5.74, 6) is 2.12. The molecule has 2 aromatic carbocycles. The van der Waals surface area contributed by atoms with E-state index >= 15 is 0 Å². The summed E-state index contributed by atoms with van der Waals surface area (Å²) in [5.41, 5.74) is 1.11. The Morgan fingerprint density at radius 2 is 2.00 bits per heavy atom. The highest BCUT2D eigenvalue weighted by molar-refractivity contribution is 7.98. The van der Waals surface area contributed by atoms with Crippen molar-refractivity contribution in [3.8, 4) is 5.75 Å². The van der Waals surface area contributed by atoms with Gasteiger partial charge in [-0.25, -0.2) is 0 Å². The molecule has 0 heterocycles. The minimum absolute atomic E-state index is 0.110. The Bertz CT molecular complexity index is 697. The summed E-state index contributed by atoms with van der Waals surface area (Å²) in [4.78, 5) is 12.3. The molecule has 0 unspecified atom stereocenters. The first-order valence-electron chi connectivity index (χ1n) is 8.11. The monoisotopic (exact) mass is 397 g/mol. The number of carbonyl (C=O) groups is 1. The van der Waals surface area contributed by atoms with Crippen LogP contribution in [-0.4, -0.2) is 24.3 Å². The zero-order valence-electron chi connectivity index (χ0n) is 14.0. The van der Waals surface area contributed by atoms with E-state index in [0.717, 1.165) is 22.1 Å². The number of rotatable bonds is 9. The fourth-order valence-corrected chi connectivity index (χ4v) is 3.51. The molecule has 134 valence electrons. The summed E-state index contributed by atoms with van der Waals surface area (Å²) in [6.07, 6.45) is 0.0671. The fourth-order valence-electron chi connectivity index (χ4n) is 2.18. The fraction of sp³-hybridized carbons (Fsp3) is 0.316. The minimum Gasteiger partial charge on any atom is -0.481 e. The van der Waals surface area contributed by atoms with Gasteiger partial charge in [0.15, 0.2) is 6.10 Å². The Morgan fingerprint density at radius 1 is 1.20 bits per heavy atom. The highest BCUT2D eigenvalue weighted by Crippen LogP contribution is 2.21. The van der Waals surface area contributed by atoms with Crippen molar-refractivity contribution in [3.63, 3.8) is 0 Å². The second-order valence-electron chi connectivity index (χ2n) is 5.41. The second-order valence-corrected chi connectivity index (χ2v) is 7.36. The SMILES string of the molecule is CC[C@H](Oc1cccc(Cl)c1)C(=O)NCCSCc1ccccc1Cl. The lowest BCUT2D eigenvalue weighted by Crippen LogP contribution is -2.39. The molecule has 1 atom stereocenters. The standard InChI is InChI=1S/C19H21Cl2NO2S/c1-2-18(24-16-8-5-7-15(20)12-16)19(23)22-10-11-25-13-14-6-3-4-9-17(14)21/h3-9,12,18H,2,10-11,13H2,1H3,(H,22,23)/t18-/m0/s1. The number of thioether (sulfide) groups is 1. The molecular weight excluding hydrogens is 377 g/mol. The Labute approximate surface area is 163 Å². The van der Waals surface area contributed by atoms with E-state index in [9.17, 15) is 4.79 Å². The first-order chi connectivity index (χ1) is 12.1. The van der Waals surface area contributed by atoms with Crippen LogP contribution < -0.4 is 10.1 Å². The first kappa shape index (κ1) is 20.0. The summed E-state index contributed by atoms with van der Waals surface area (Å²) >= 11 is 13.8. The molecule has 25 heavy (non-hydrogen) atoms. The molecule has 0 aliphatic heterocycles. The number of carbonyl (C=O) groups excluding carboxylic acids is 1. The molecule has 0 radical (unpaired) electrons. The zero-order valence-corrected chi connectivity index (χ0v) is 16.3. The normalized spacial score (nSPS) is 11.8. The van der Waals surface area contributed by atoms with Gasteiger partial charge in [-0.3, -0.25) is 4.79 Å². The molecule has 0 saturated carbocycles. The number of hydrogen-bond donors (Lipinski definition) is 1. The van der Waals surface area contributed by atoms with Crippen LogP contribution >= 0.6 is 35.0 Å². The smallest absolute Gasteiger partial charge is 0.261 e. The van der Waals surface area contributed by atoms with Gasteiger partial charge in [0.1, 0.15) is 5.75 Å². The van der Waals surface area contributed by atoms with Crippen LogP contribution in [0.4, 0.5) is 0 Å². The van der Waals surface area contributed by atoms with Crippen molar-refractivity contribution in [2.24, 2.45) is 0 Å². The van der Waals surface area contributed by atoms with Gasteiger partial charge in [-0.05, 0) is 36.2 Å². The molecular formula is C19H21Cl2NO2S. The minimum atomic E-state index is -0.521. The van der Waals surface area contributed by atoms with Crippen LogP contribution in [0.2, 0.25) is 10.0 Å². The zero-order chi connectivity index (χ0) is 18.1. The summed E-state index contributed by atoms with van der Waals surface area (Å²) in [7, 11) is 0. The summed E-state index contributed by atoms with van der Waals surface area (Å²) < 4.78 is 5.73. The summed E-state index contributed by atoms with van der Waals surface area (Å²) in [5, 5.41) is 4.28. The average Bonchev–Trinajstić information content (AvgIpc) is 2.60. The van der Waals surface area contributed by atoms with Crippen molar-refractivity contribution in [2.45, 2.75) is 25.2 Å². The van der Waals surface area contributed by atoms with Gasteiger partial charge in [0.25, 0.3) is 5.91 Å². The van der Waals surface area contributed by atoms with E-state index in [1.54, 1.807) is 36.0 Å². The van der Waals surface area contributed by atoms with Gasteiger partial charge in [-0.1, -0.05) is 54.4 Å². The van der Waals surface area contributed by atoms with Crippen LogP contribution in [0.15, 0.2) is 48.5 Å². The van der Waals surface area contributed by atoms with Crippen molar-refractivity contribution in [1.29, 1.82) is 0 Å². The van der Waals surface area contributed by atoms with Gasteiger partial charge < -0.3 is 10.1 Å². The number of amides is 1. The van der Waals surface area contributed by atoms with Gasteiger partial charge in [0.2, 0.25) is 0 Å². The third kappa shape index (κ3) is 6.81. The van der Waals surface area contributed by atoms with Gasteiger partial charge >= 0.3 is 0 Å². The summed E-state index contributed by atoms with van der Waals surface area (Å²) in [6, 6.07) is 14.9. The molecule has 0 spiro atoms. The topological polar surface area (TPSA) is 38.3 Å². The molecule has 1 N–H and O–H groups in total. The van der Waals surface area contributed by atoms with Crippen molar-refractivity contribution in [1.82, 2.24) is 5.32 Å². The number of halogens is 2. The highest BCUT2D eigenvalue weighted by atomic mass is 35.5. The largest absolute Gasteiger partial charge is 0.481 e. The molecule has 2 aromatic rings. The van der Waals surface area contributed by atoms with Crippen LogP contribution in [0.25, 0.3) is 0 Å². The number of benzene rings is 2. The lowest BCUT2D eigenvalue weighted by molar-refractivity contribution is -0.127. The number of hydrogen-bond acceptors (Lipinski definition) is 3. The number of nitrogens with one attached hydrogen (secondary N) is 1. The van der Waals surface area contributed by atoms with Gasteiger partial charge in [0, 0.05) is 28.1 Å². The van der Waals surface area contributed by atoms with E-state index in [4.69, 9.17) is 27.9 Å². The third-order valence-corrected chi connectivity index (χ3v) is 5.11. The van der Waals surface area contributed by atoms with Crippen molar-refractivity contribution < 1.29 is 9.53 Å². The molecule has 0 aliphatic carbocycles. The first-order valence-corrected chi connectivity index (χ1v) is 10.0. The maximum Gasteiger partial charge on any atom is 0.261 e. The highest BCUT2D eigenvalue weighted by Gasteiger charge is 2.17. The van der Waals surface area contributed by atoms with Crippen molar-refractivity contribution >= 4 is 40.9 Å². The van der Waals surface area contributed by atoms with Gasteiger partial charge in [-0.2, -0.15) is 11.8 Å². The summed E-state index contributed by atoms with van der Waals surface area (Å²) in [6.45, 7) is 2.50. The van der Waals surface area contributed by atoms with E-state index in [0.29, 0.717) is 23.7 Å². The van der Waals surface area contributed by atoms with Crippen LogP contribution in [0.5, 0.6) is 5.75 Å². The van der Waals surface area contributed by atoms with Crippen LogP contribution in [-0.2, 0) is 10.5 Å². The Morgan fingerprint density at radius 3 is 2.72 bits per heavy atom. The molecule has 2 rings (SSSR count). The van der Waals surface area contributed by atoms with E-state index in [1.807, 2.05) is 31.2 Å². The molecule has 6 heteroatoms. The Balaban J connectivity index is 1.72. The van der Waals surface area contributed by atoms with E-state index in [-0.39, 0.29) is 5.91 Å². The van der Waals surface area contributed by atoms with E-state index < -0.39 is 6.10 Å². The molecule has 0 saturated heterocycles. The lowest BCUT2D eigenvalue weighted by Gasteiger charge is -2.17. The maximum atomic E-state index is 12.3. The molecule has 0 aliphatic rings. The number of ether oxygens (including phenoxy) is 1. The van der Waals surface area contributed by atoms with Crippen LogP contribution in [0.1, 0.15) is 18.9 Å². The third-order valence-electron chi connectivity index (χ3n) is 3.50. The maximum absolute atomic E-state index is 12.3. The predicted molar refractivity (Wildman–Crippen MR) is 107 cm³/mol. The molecule has 0 fully saturated rings. The molecule has 0 bridgehead atoms. The predicted octanol–water partition coefficient (Wildman–Crippen LogP) is 5.20. The second kappa shape index (κ2) is 10.6. The van der Waals surface area contributed by atoms with E-state index in [2.05, 4.69) is 5.32 Å². The quantitative estimate of drug-likeness (QED) is 0.590. The van der Waals surface area contributed by atoms with Gasteiger partial charge in [0.05, 0.1) is 0 Å². The van der Waals surface area contributed by atoms with Gasteiger partial charge in [-0.15, -0.1) is 0 Å². The van der Waals surface area contributed by atoms with Crippen LogP contribution in [0.3, 0.4) is 0 Å². The van der Waals surface area contributed by atoms with E-state index in [1.165, 1.54) is 0 Å². The lowest BCUT2D eigenvalue weighted by atomic mass is 10.2. The average molecular weight is 398 g/mol. The van der Waals surface area contributed by atoms with Crippen molar-refractivity contribution in [2.75, 3.05) is 12.3 Å². The molecule has 1 amide bonds. The van der Waals surface area contributed by atoms with Crippen molar-refractivity contribution in [3.05, 3.63) is 64.1 Å². The molecule has 0 aromatic heterocycles. The molecule has 3 nitrogen and oxygen atoms in total. The Hall–Kier alpha value is -1.36. The van der Waals surface area contributed by atoms with Crippen LogP contribution in [0, 0.1) is 0 Å². The Kier molecular flexibility index (Phi) is 8.45.